The monoisotopic (exact) mass is 403 g/mol. The molecule has 19 heavy (non-hydrogen) atoms. The van der Waals surface area contributed by atoms with Crippen molar-refractivity contribution < 1.29 is 4.79 Å². The van der Waals surface area contributed by atoms with Crippen LogP contribution in [0.2, 0.25) is 5.15 Å². The van der Waals surface area contributed by atoms with E-state index >= 15 is 0 Å². The van der Waals surface area contributed by atoms with Gasteiger partial charge in [0.1, 0.15) is 0 Å². The van der Waals surface area contributed by atoms with Crippen molar-refractivity contribution in [2.24, 2.45) is 0 Å². The number of nitrogens with one attached hydrogen (secondary N) is 1. The normalized spacial score (nSPS) is 10.3. The van der Waals surface area contributed by atoms with Gasteiger partial charge in [0, 0.05) is 20.8 Å². The minimum absolute atomic E-state index is 0.213. The number of aromatic nitrogens is 1. The topological polar surface area (TPSA) is 68.0 Å². The number of anilines is 2. The third-order valence-electron chi connectivity index (χ3n) is 2.31. The average Bonchev–Trinajstić information content (AvgIpc) is 2.36. The van der Waals surface area contributed by atoms with Crippen LogP contribution in [-0.2, 0) is 0 Å². The molecule has 1 aromatic heterocycles. The van der Waals surface area contributed by atoms with E-state index in [-0.39, 0.29) is 11.1 Å². The van der Waals surface area contributed by atoms with E-state index in [9.17, 15) is 4.79 Å². The highest BCUT2D eigenvalue weighted by molar-refractivity contribution is 9.10. The van der Waals surface area contributed by atoms with Crippen molar-refractivity contribution in [1.29, 1.82) is 0 Å². The summed E-state index contributed by atoms with van der Waals surface area (Å²) >= 11 is 12.5. The summed E-state index contributed by atoms with van der Waals surface area (Å²) in [6.45, 7) is 0. The first kappa shape index (κ1) is 14.3. The van der Waals surface area contributed by atoms with Crippen LogP contribution in [0.1, 0.15) is 10.4 Å². The van der Waals surface area contributed by atoms with Crippen LogP contribution in [0.25, 0.3) is 0 Å². The first-order valence-corrected chi connectivity index (χ1v) is 7.11. The predicted octanol–water partition coefficient (Wildman–Crippen LogP) is 4.09. The fraction of sp³-hybridized carbons (Fsp3) is 0. The third-order valence-corrected chi connectivity index (χ3v) is 3.54. The molecule has 0 aliphatic heterocycles. The predicted molar refractivity (Wildman–Crippen MR) is 83.5 cm³/mol. The van der Waals surface area contributed by atoms with Gasteiger partial charge in [-0.3, -0.25) is 4.79 Å². The lowest BCUT2D eigenvalue weighted by atomic mass is 10.1. The van der Waals surface area contributed by atoms with Crippen LogP contribution >= 0.6 is 43.5 Å². The third kappa shape index (κ3) is 3.46. The zero-order valence-electron chi connectivity index (χ0n) is 9.45. The Labute approximate surface area is 131 Å². The van der Waals surface area contributed by atoms with Gasteiger partial charge in [0.15, 0.2) is 5.15 Å². The fourth-order valence-electron chi connectivity index (χ4n) is 1.43. The number of amides is 1. The second-order valence-electron chi connectivity index (χ2n) is 3.68. The smallest absolute Gasteiger partial charge is 0.257 e. The molecule has 0 saturated heterocycles. The van der Waals surface area contributed by atoms with Crippen LogP contribution < -0.4 is 11.1 Å². The van der Waals surface area contributed by atoms with Crippen LogP contribution in [0.15, 0.2) is 39.4 Å². The van der Waals surface area contributed by atoms with Crippen molar-refractivity contribution in [3.63, 3.8) is 0 Å². The lowest BCUT2D eigenvalue weighted by molar-refractivity contribution is 0.102. The second-order valence-corrected chi connectivity index (χ2v) is 5.87. The summed E-state index contributed by atoms with van der Waals surface area (Å²) in [7, 11) is 0. The highest BCUT2D eigenvalue weighted by Crippen LogP contribution is 2.25. The fourth-order valence-corrected chi connectivity index (χ4v) is 2.27. The van der Waals surface area contributed by atoms with Crippen molar-refractivity contribution in [3.8, 4) is 0 Å². The summed E-state index contributed by atoms with van der Waals surface area (Å²) in [5, 5.41) is 2.88. The van der Waals surface area contributed by atoms with Gasteiger partial charge in [0.05, 0.1) is 11.3 Å². The zero-order chi connectivity index (χ0) is 14.0. The van der Waals surface area contributed by atoms with Gasteiger partial charge < -0.3 is 11.1 Å². The van der Waals surface area contributed by atoms with E-state index in [4.69, 9.17) is 17.3 Å². The van der Waals surface area contributed by atoms with Crippen LogP contribution in [0.3, 0.4) is 0 Å². The standard InChI is InChI=1S/C12H8Br2ClN3O/c13-6-1-2-9(16)8(3-6)12(19)18-10-4-7(14)5-17-11(10)15/h1-5H,16H2,(H,18,19). The lowest BCUT2D eigenvalue weighted by Gasteiger charge is -2.09. The lowest BCUT2D eigenvalue weighted by Crippen LogP contribution is -2.14. The molecule has 7 heteroatoms. The molecular formula is C12H8Br2ClN3O. The maximum Gasteiger partial charge on any atom is 0.257 e. The number of hydrogen-bond donors (Lipinski definition) is 2. The quantitative estimate of drug-likeness (QED) is 0.584. The van der Waals surface area contributed by atoms with Gasteiger partial charge in [-0.25, -0.2) is 4.98 Å². The molecule has 98 valence electrons. The minimum atomic E-state index is -0.347. The summed E-state index contributed by atoms with van der Waals surface area (Å²) in [6.07, 6.45) is 1.55. The summed E-state index contributed by atoms with van der Waals surface area (Å²) in [5.74, 6) is -0.347. The number of rotatable bonds is 2. The highest BCUT2D eigenvalue weighted by Gasteiger charge is 2.13. The van der Waals surface area contributed by atoms with Crippen LogP contribution in [0.4, 0.5) is 11.4 Å². The molecule has 0 saturated carbocycles. The first-order chi connectivity index (χ1) is 8.97. The van der Waals surface area contributed by atoms with Gasteiger partial charge in [-0.1, -0.05) is 27.5 Å². The van der Waals surface area contributed by atoms with E-state index in [0.29, 0.717) is 16.9 Å². The summed E-state index contributed by atoms with van der Waals surface area (Å²) in [6, 6.07) is 6.73. The van der Waals surface area contributed by atoms with Gasteiger partial charge >= 0.3 is 0 Å². The van der Waals surface area contributed by atoms with Crippen molar-refractivity contribution >= 4 is 60.7 Å². The molecule has 0 radical (unpaired) electrons. The maximum atomic E-state index is 12.1. The molecule has 1 aromatic carbocycles. The van der Waals surface area contributed by atoms with Crippen LogP contribution in [0.5, 0.6) is 0 Å². The Morgan fingerprint density at radius 2 is 2.00 bits per heavy atom. The first-order valence-electron chi connectivity index (χ1n) is 5.15. The zero-order valence-corrected chi connectivity index (χ0v) is 13.4. The van der Waals surface area contributed by atoms with E-state index in [2.05, 4.69) is 42.2 Å². The van der Waals surface area contributed by atoms with Gasteiger partial charge in [0.2, 0.25) is 0 Å². The molecular weight excluding hydrogens is 397 g/mol. The Kier molecular flexibility index (Phi) is 4.44. The van der Waals surface area contributed by atoms with Crippen LogP contribution in [-0.4, -0.2) is 10.9 Å². The molecule has 3 N–H and O–H groups in total. The Morgan fingerprint density at radius 1 is 1.26 bits per heavy atom. The number of benzene rings is 1. The number of nitrogen functional groups attached to an aromatic ring is 1. The SMILES string of the molecule is Nc1ccc(Br)cc1C(=O)Nc1cc(Br)cnc1Cl. The van der Waals surface area contributed by atoms with E-state index in [1.165, 1.54) is 0 Å². The van der Waals surface area contributed by atoms with Crippen molar-refractivity contribution in [2.75, 3.05) is 11.1 Å². The van der Waals surface area contributed by atoms with Crippen molar-refractivity contribution in [1.82, 2.24) is 4.98 Å². The van der Waals surface area contributed by atoms with E-state index in [1.54, 1.807) is 30.5 Å². The largest absolute Gasteiger partial charge is 0.398 e. The minimum Gasteiger partial charge on any atom is -0.398 e. The number of pyridine rings is 1. The maximum absolute atomic E-state index is 12.1. The van der Waals surface area contributed by atoms with Crippen molar-refractivity contribution in [3.05, 3.63) is 50.1 Å². The van der Waals surface area contributed by atoms with Gasteiger partial charge in [-0.15, -0.1) is 0 Å². The van der Waals surface area contributed by atoms with E-state index < -0.39 is 0 Å². The van der Waals surface area contributed by atoms with E-state index in [0.717, 1.165) is 8.95 Å². The number of hydrogen-bond acceptors (Lipinski definition) is 3. The molecule has 2 aromatic rings. The molecule has 0 unspecified atom stereocenters. The number of carbonyl (C=O) groups is 1. The Balaban J connectivity index is 2.30. The highest BCUT2D eigenvalue weighted by atomic mass is 79.9. The second kappa shape index (κ2) is 5.90. The van der Waals surface area contributed by atoms with E-state index in [1.807, 2.05) is 0 Å². The molecule has 0 bridgehead atoms. The Bertz CT molecular complexity index is 649. The number of nitrogens with zero attached hydrogens (tertiary/aromatic N) is 1. The van der Waals surface area contributed by atoms with Gasteiger partial charge in [0.25, 0.3) is 5.91 Å². The van der Waals surface area contributed by atoms with Gasteiger partial charge in [-0.05, 0) is 40.2 Å². The molecule has 0 atom stereocenters. The summed E-state index contributed by atoms with van der Waals surface area (Å²) < 4.78 is 1.49. The molecule has 0 fully saturated rings. The summed E-state index contributed by atoms with van der Waals surface area (Å²) in [5.41, 5.74) is 6.94. The molecule has 1 heterocycles. The van der Waals surface area contributed by atoms with Crippen molar-refractivity contribution in [2.45, 2.75) is 0 Å². The number of halogens is 3. The average molecular weight is 405 g/mol. The molecule has 0 spiro atoms. The summed E-state index contributed by atoms with van der Waals surface area (Å²) in [4.78, 5) is 16.1. The number of nitrogens with two attached hydrogens (primary N) is 1. The van der Waals surface area contributed by atoms with Gasteiger partial charge in [-0.2, -0.15) is 0 Å². The molecule has 0 aliphatic carbocycles. The molecule has 4 nitrogen and oxygen atoms in total. The molecule has 2 rings (SSSR count). The molecule has 1 amide bonds. The Morgan fingerprint density at radius 3 is 2.74 bits per heavy atom. The Hall–Kier alpha value is -1.11. The van der Waals surface area contributed by atoms with Crippen LogP contribution in [0, 0.1) is 0 Å². The number of carbonyl (C=O) groups excluding carboxylic acids is 1. The molecule has 0 aliphatic rings.